The molecule has 132 valence electrons. The van der Waals surface area contributed by atoms with Gasteiger partial charge in [0, 0.05) is 28.6 Å². The van der Waals surface area contributed by atoms with Crippen molar-refractivity contribution in [1.29, 1.82) is 0 Å². The molecule has 0 amide bonds. The van der Waals surface area contributed by atoms with Gasteiger partial charge in [-0.1, -0.05) is 41.0 Å². The summed E-state index contributed by atoms with van der Waals surface area (Å²) in [5.41, 5.74) is 0.511. The minimum Gasteiger partial charge on any atom is -0.507 e. The summed E-state index contributed by atoms with van der Waals surface area (Å²) in [6.07, 6.45) is 2.35. The number of carbonyl (C=O) groups excluding carboxylic acids is 2. The van der Waals surface area contributed by atoms with Gasteiger partial charge in [-0.25, -0.2) is 0 Å². The summed E-state index contributed by atoms with van der Waals surface area (Å²) in [5.74, 6) is -1.40. The smallest absolute Gasteiger partial charge is 0.233 e. The van der Waals surface area contributed by atoms with E-state index in [1.807, 2.05) is 6.92 Å². The van der Waals surface area contributed by atoms with Gasteiger partial charge in [0.25, 0.3) is 0 Å². The van der Waals surface area contributed by atoms with E-state index in [1.165, 1.54) is 0 Å². The molecular formula is C20H28O4. The Balaban J connectivity index is 2.26. The number of aliphatic hydroxyl groups excluding tert-OH is 2. The average Bonchev–Trinajstić information content (AvgIpc) is 2.42. The molecule has 0 unspecified atom stereocenters. The van der Waals surface area contributed by atoms with Crippen LogP contribution in [0.4, 0.5) is 0 Å². The molecule has 24 heavy (non-hydrogen) atoms. The molecule has 4 heteroatoms. The van der Waals surface area contributed by atoms with Crippen molar-refractivity contribution in [2.75, 3.05) is 0 Å². The fraction of sp³-hybridized carbons (Fsp3) is 0.700. The maximum Gasteiger partial charge on any atom is 0.233 e. The first kappa shape index (κ1) is 17.4. The molecule has 0 bridgehead atoms. The summed E-state index contributed by atoms with van der Waals surface area (Å²) in [6, 6.07) is 0. The SMILES string of the molecule is CC(C)C1=C(O)C2=C(C(=O)C1=O)[C@@]1(C)CCCC(C)(C)[C@@H]1[C@@H](O)C2. The number of hydrogen-bond donors (Lipinski definition) is 2. The molecular weight excluding hydrogens is 304 g/mol. The van der Waals surface area contributed by atoms with Crippen molar-refractivity contribution < 1.29 is 19.8 Å². The van der Waals surface area contributed by atoms with Crippen LogP contribution < -0.4 is 0 Å². The van der Waals surface area contributed by atoms with E-state index in [4.69, 9.17) is 0 Å². The third-order valence-electron chi connectivity index (χ3n) is 6.51. The third-order valence-corrected chi connectivity index (χ3v) is 6.51. The van der Waals surface area contributed by atoms with Crippen LogP contribution in [0.3, 0.4) is 0 Å². The molecule has 1 fully saturated rings. The number of aliphatic hydroxyl groups is 2. The van der Waals surface area contributed by atoms with E-state index in [2.05, 4.69) is 13.8 Å². The second-order valence-electron chi connectivity index (χ2n) is 8.94. The van der Waals surface area contributed by atoms with Crippen LogP contribution in [0.1, 0.15) is 60.3 Å². The van der Waals surface area contributed by atoms with E-state index < -0.39 is 23.1 Å². The molecule has 0 aliphatic heterocycles. The lowest BCUT2D eigenvalue weighted by atomic mass is 9.48. The van der Waals surface area contributed by atoms with Crippen molar-refractivity contribution in [1.82, 2.24) is 0 Å². The molecule has 0 saturated heterocycles. The molecule has 0 aromatic heterocycles. The van der Waals surface area contributed by atoms with E-state index in [1.54, 1.807) is 13.8 Å². The molecule has 3 atom stereocenters. The fourth-order valence-corrected chi connectivity index (χ4v) is 5.74. The predicted octanol–water partition coefficient (Wildman–Crippen LogP) is 3.50. The lowest BCUT2D eigenvalue weighted by Crippen LogP contribution is -2.55. The Morgan fingerprint density at radius 2 is 1.71 bits per heavy atom. The quantitative estimate of drug-likeness (QED) is 0.569. The number of rotatable bonds is 1. The highest BCUT2D eigenvalue weighted by atomic mass is 16.3. The Labute approximate surface area is 143 Å². The summed E-state index contributed by atoms with van der Waals surface area (Å²) in [6.45, 7) is 9.86. The zero-order valence-electron chi connectivity index (χ0n) is 15.3. The van der Waals surface area contributed by atoms with Crippen LogP contribution in [0, 0.1) is 22.7 Å². The highest BCUT2D eigenvalue weighted by Gasteiger charge is 2.58. The fourth-order valence-electron chi connectivity index (χ4n) is 5.74. The first-order valence-electron chi connectivity index (χ1n) is 8.96. The highest BCUT2D eigenvalue weighted by Crippen LogP contribution is 2.61. The second-order valence-corrected chi connectivity index (χ2v) is 8.94. The lowest BCUT2D eigenvalue weighted by Gasteiger charge is -2.56. The second kappa shape index (κ2) is 5.29. The average molecular weight is 332 g/mol. The van der Waals surface area contributed by atoms with Gasteiger partial charge in [-0.05, 0) is 30.1 Å². The molecule has 1 saturated carbocycles. The number of Topliss-reactive ketones (excluding diaryl/α,β-unsaturated/α-hetero) is 2. The van der Waals surface area contributed by atoms with Gasteiger partial charge in [0.1, 0.15) is 5.76 Å². The van der Waals surface area contributed by atoms with Crippen molar-refractivity contribution in [3.05, 3.63) is 22.5 Å². The first-order chi connectivity index (χ1) is 11.0. The van der Waals surface area contributed by atoms with Crippen LogP contribution in [-0.2, 0) is 9.59 Å². The Hall–Kier alpha value is -1.42. The first-order valence-corrected chi connectivity index (χ1v) is 8.96. The highest BCUT2D eigenvalue weighted by molar-refractivity contribution is 6.50. The number of hydrogen-bond acceptors (Lipinski definition) is 4. The van der Waals surface area contributed by atoms with Gasteiger partial charge in [0.2, 0.25) is 11.6 Å². The predicted molar refractivity (Wildman–Crippen MR) is 91.4 cm³/mol. The van der Waals surface area contributed by atoms with Gasteiger partial charge in [-0.15, -0.1) is 0 Å². The molecule has 4 nitrogen and oxygen atoms in total. The van der Waals surface area contributed by atoms with Crippen LogP contribution in [0.5, 0.6) is 0 Å². The summed E-state index contributed by atoms with van der Waals surface area (Å²) in [4.78, 5) is 25.6. The van der Waals surface area contributed by atoms with Crippen LogP contribution in [0.2, 0.25) is 0 Å². The van der Waals surface area contributed by atoms with Crippen LogP contribution in [0.15, 0.2) is 22.5 Å². The van der Waals surface area contributed by atoms with Gasteiger partial charge in [-0.2, -0.15) is 0 Å². The molecule has 0 spiro atoms. The minimum atomic E-state index is -0.611. The topological polar surface area (TPSA) is 74.6 Å². The maximum atomic E-state index is 13.0. The summed E-state index contributed by atoms with van der Waals surface area (Å²) in [7, 11) is 0. The maximum absolute atomic E-state index is 13.0. The van der Waals surface area contributed by atoms with Crippen molar-refractivity contribution in [2.45, 2.75) is 66.4 Å². The Kier molecular flexibility index (Phi) is 3.83. The lowest BCUT2D eigenvalue weighted by molar-refractivity contribution is -0.136. The molecule has 0 aromatic rings. The standard InChI is InChI=1S/C20H28O4/c1-10(2)13-15(22)11-9-12(21)18-19(3,4)7-6-8-20(18,5)14(11)17(24)16(13)23/h10,12,18,21-22H,6-9H2,1-5H3/t12-,18-,20+/m0/s1. The van der Waals surface area contributed by atoms with Gasteiger partial charge < -0.3 is 10.2 Å². The van der Waals surface area contributed by atoms with E-state index in [-0.39, 0.29) is 35.0 Å². The van der Waals surface area contributed by atoms with Crippen molar-refractivity contribution in [2.24, 2.45) is 22.7 Å². The van der Waals surface area contributed by atoms with Crippen LogP contribution in [0.25, 0.3) is 0 Å². The van der Waals surface area contributed by atoms with E-state index in [9.17, 15) is 19.8 Å². The minimum absolute atomic E-state index is 0.0632. The molecule has 3 aliphatic carbocycles. The van der Waals surface area contributed by atoms with Gasteiger partial charge in [0.05, 0.1) is 6.10 Å². The molecule has 3 rings (SSSR count). The van der Waals surface area contributed by atoms with Crippen LogP contribution in [-0.4, -0.2) is 27.9 Å². The summed E-state index contributed by atoms with van der Waals surface area (Å²) >= 11 is 0. The number of ketones is 2. The third kappa shape index (κ3) is 2.15. The molecule has 0 heterocycles. The van der Waals surface area contributed by atoms with Gasteiger partial charge in [0.15, 0.2) is 0 Å². The molecule has 0 radical (unpaired) electrons. The molecule has 2 N–H and O–H groups in total. The summed E-state index contributed by atoms with van der Waals surface area (Å²) in [5, 5.41) is 21.6. The van der Waals surface area contributed by atoms with Crippen molar-refractivity contribution in [3.63, 3.8) is 0 Å². The van der Waals surface area contributed by atoms with E-state index >= 15 is 0 Å². The van der Waals surface area contributed by atoms with Gasteiger partial charge >= 0.3 is 0 Å². The Bertz CT molecular complexity index is 680. The Morgan fingerprint density at radius 1 is 1.08 bits per heavy atom. The number of carbonyl (C=O) groups is 2. The Morgan fingerprint density at radius 3 is 2.29 bits per heavy atom. The number of fused-ring (bicyclic) bond motifs is 2. The van der Waals surface area contributed by atoms with Crippen LogP contribution >= 0.6 is 0 Å². The normalized spacial score (nSPS) is 36.1. The van der Waals surface area contributed by atoms with Crippen molar-refractivity contribution >= 4 is 11.6 Å². The van der Waals surface area contributed by atoms with Crippen molar-refractivity contribution in [3.8, 4) is 0 Å². The van der Waals surface area contributed by atoms with Gasteiger partial charge in [-0.3, -0.25) is 9.59 Å². The van der Waals surface area contributed by atoms with E-state index in [0.29, 0.717) is 11.1 Å². The monoisotopic (exact) mass is 332 g/mol. The number of allylic oxidation sites excluding steroid dienone is 3. The zero-order valence-corrected chi connectivity index (χ0v) is 15.3. The zero-order chi connectivity index (χ0) is 18.0. The molecule has 0 aromatic carbocycles. The van der Waals surface area contributed by atoms with E-state index in [0.717, 1.165) is 19.3 Å². The summed E-state index contributed by atoms with van der Waals surface area (Å²) < 4.78 is 0. The molecule has 3 aliphatic rings. The largest absolute Gasteiger partial charge is 0.507 e.